The van der Waals surface area contributed by atoms with Crippen LogP contribution in [0.25, 0.3) is 0 Å². The highest BCUT2D eigenvalue weighted by Gasteiger charge is 2.03. The smallest absolute Gasteiger partial charge is 0.306 e. The van der Waals surface area contributed by atoms with Crippen molar-refractivity contribution in [3.63, 3.8) is 0 Å². The van der Waals surface area contributed by atoms with Crippen molar-refractivity contribution in [3.05, 3.63) is 0 Å². The van der Waals surface area contributed by atoms with E-state index >= 15 is 0 Å². The Balaban J connectivity index is 3.26. The molecule has 0 aromatic heterocycles. The van der Waals surface area contributed by atoms with Gasteiger partial charge < -0.3 is 4.74 Å². The van der Waals surface area contributed by atoms with Gasteiger partial charge in [-0.05, 0) is 13.8 Å². The Hall–Kier alpha value is -0.690. The highest BCUT2D eigenvalue weighted by atomic mass is 32.2. The minimum absolute atomic E-state index is 0.0622. The molecule has 0 saturated carbocycles. The van der Waals surface area contributed by atoms with Crippen LogP contribution in [0, 0.1) is 17.2 Å². The van der Waals surface area contributed by atoms with Gasteiger partial charge in [-0.15, -0.1) is 0 Å². The summed E-state index contributed by atoms with van der Waals surface area (Å²) in [5.74, 6) is 1.44. The number of carbonyl (C=O) groups excluding carboxylic acids is 1. The van der Waals surface area contributed by atoms with Crippen molar-refractivity contribution in [2.75, 3.05) is 18.1 Å². The molecule has 0 fully saturated rings. The summed E-state index contributed by atoms with van der Waals surface area (Å²) in [6.45, 7) is 4.11. The minimum Gasteiger partial charge on any atom is -0.466 e. The normalized spacial score (nSPS) is 11.8. The number of rotatable bonds is 6. The van der Waals surface area contributed by atoms with Crippen LogP contribution in [0.4, 0.5) is 0 Å². The van der Waals surface area contributed by atoms with Gasteiger partial charge in [0.15, 0.2) is 0 Å². The molecule has 0 spiro atoms. The van der Waals surface area contributed by atoms with Gasteiger partial charge in [-0.25, -0.2) is 0 Å². The fourth-order valence-electron chi connectivity index (χ4n) is 0.686. The molecule has 0 aromatic carbocycles. The summed E-state index contributed by atoms with van der Waals surface area (Å²) in [7, 11) is 0. The van der Waals surface area contributed by atoms with Gasteiger partial charge in [-0.3, -0.25) is 4.79 Å². The van der Waals surface area contributed by atoms with Gasteiger partial charge in [0.2, 0.25) is 0 Å². The molecule has 4 heteroatoms. The number of hydrogen-bond acceptors (Lipinski definition) is 4. The number of esters is 1. The first-order valence-electron chi connectivity index (χ1n) is 4.33. The maximum atomic E-state index is 10.9. The zero-order valence-corrected chi connectivity index (χ0v) is 8.89. The Kier molecular flexibility index (Phi) is 7.51. The monoisotopic (exact) mass is 201 g/mol. The summed E-state index contributed by atoms with van der Waals surface area (Å²) in [6, 6.07) is 2.14. The van der Waals surface area contributed by atoms with Crippen molar-refractivity contribution in [1.82, 2.24) is 0 Å². The van der Waals surface area contributed by atoms with E-state index in [9.17, 15) is 4.79 Å². The maximum absolute atomic E-state index is 10.9. The number of carbonyl (C=O) groups is 1. The highest BCUT2D eigenvalue weighted by Crippen LogP contribution is 2.08. The van der Waals surface area contributed by atoms with Crippen molar-refractivity contribution in [1.29, 1.82) is 5.26 Å². The lowest BCUT2D eigenvalue weighted by molar-refractivity contribution is -0.142. The molecule has 13 heavy (non-hydrogen) atoms. The first-order valence-corrected chi connectivity index (χ1v) is 5.49. The molecule has 0 N–H and O–H groups in total. The number of nitriles is 1. The summed E-state index contributed by atoms with van der Waals surface area (Å²) in [6.07, 6.45) is 0.441. The van der Waals surface area contributed by atoms with Gasteiger partial charge in [0.05, 0.1) is 25.0 Å². The van der Waals surface area contributed by atoms with Crippen LogP contribution < -0.4 is 0 Å². The zero-order chi connectivity index (χ0) is 10.1. The second-order valence-corrected chi connectivity index (χ2v) is 3.81. The van der Waals surface area contributed by atoms with Gasteiger partial charge in [-0.1, -0.05) is 0 Å². The van der Waals surface area contributed by atoms with E-state index in [1.807, 2.05) is 6.92 Å². The van der Waals surface area contributed by atoms with E-state index in [2.05, 4.69) is 6.07 Å². The van der Waals surface area contributed by atoms with Crippen LogP contribution in [-0.2, 0) is 9.53 Å². The third-order valence-corrected chi connectivity index (χ3v) is 2.57. The van der Waals surface area contributed by atoms with Gasteiger partial charge in [-0.2, -0.15) is 17.0 Å². The first kappa shape index (κ1) is 12.3. The third-order valence-electron chi connectivity index (χ3n) is 1.34. The lowest BCUT2D eigenvalue weighted by Gasteiger charge is -2.02. The van der Waals surface area contributed by atoms with E-state index < -0.39 is 0 Å². The fourth-order valence-corrected chi connectivity index (χ4v) is 1.59. The molecule has 3 nitrogen and oxygen atoms in total. The number of hydrogen-bond donors (Lipinski definition) is 0. The number of ether oxygens (including phenoxy) is 1. The van der Waals surface area contributed by atoms with E-state index in [4.69, 9.17) is 10.00 Å². The topological polar surface area (TPSA) is 50.1 Å². The summed E-state index contributed by atoms with van der Waals surface area (Å²) in [5.41, 5.74) is 0. The Morgan fingerprint density at radius 2 is 2.38 bits per heavy atom. The molecule has 74 valence electrons. The Morgan fingerprint density at radius 1 is 1.69 bits per heavy atom. The Bertz CT molecular complexity index is 189. The maximum Gasteiger partial charge on any atom is 0.306 e. The van der Waals surface area contributed by atoms with E-state index in [0.717, 1.165) is 11.5 Å². The third kappa shape index (κ3) is 7.66. The summed E-state index contributed by atoms with van der Waals surface area (Å²) < 4.78 is 4.76. The molecule has 0 rings (SSSR count). The van der Waals surface area contributed by atoms with Crippen molar-refractivity contribution >= 4 is 17.7 Å². The summed E-state index contributed by atoms with van der Waals surface area (Å²) >= 11 is 1.62. The van der Waals surface area contributed by atoms with E-state index in [0.29, 0.717) is 13.0 Å². The van der Waals surface area contributed by atoms with Crippen molar-refractivity contribution in [2.24, 2.45) is 5.92 Å². The standard InChI is InChI=1S/C9H15NO2S/c1-3-12-9(11)4-5-13-7-8(2)6-10/h8H,3-5,7H2,1-2H3. The van der Waals surface area contributed by atoms with E-state index in [1.165, 1.54) is 0 Å². The molecule has 1 atom stereocenters. The van der Waals surface area contributed by atoms with Gasteiger partial charge in [0, 0.05) is 11.5 Å². The van der Waals surface area contributed by atoms with Crippen LogP contribution in [0.5, 0.6) is 0 Å². The highest BCUT2D eigenvalue weighted by molar-refractivity contribution is 7.99. The second kappa shape index (κ2) is 7.93. The van der Waals surface area contributed by atoms with E-state index in [-0.39, 0.29) is 11.9 Å². The predicted octanol–water partition coefficient (Wildman–Crippen LogP) is 1.83. The predicted molar refractivity (Wildman–Crippen MR) is 53.4 cm³/mol. The average molecular weight is 201 g/mol. The first-order chi connectivity index (χ1) is 6.20. The van der Waals surface area contributed by atoms with Crippen LogP contribution in [0.1, 0.15) is 20.3 Å². The van der Waals surface area contributed by atoms with Crippen LogP contribution in [0.3, 0.4) is 0 Å². The number of thioether (sulfide) groups is 1. The Morgan fingerprint density at radius 3 is 2.92 bits per heavy atom. The lowest BCUT2D eigenvalue weighted by Crippen LogP contribution is -2.05. The second-order valence-electron chi connectivity index (χ2n) is 2.66. The summed E-state index contributed by atoms with van der Waals surface area (Å²) in [4.78, 5) is 10.9. The molecular weight excluding hydrogens is 186 g/mol. The largest absolute Gasteiger partial charge is 0.466 e. The van der Waals surface area contributed by atoms with E-state index in [1.54, 1.807) is 18.7 Å². The van der Waals surface area contributed by atoms with Gasteiger partial charge >= 0.3 is 5.97 Å². The molecule has 0 amide bonds. The zero-order valence-electron chi connectivity index (χ0n) is 8.08. The minimum atomic E-state index is -0.153. The molecule has 0 saturated heterocycles. The van der Waals surface area contributed by atoms with Crippen LogP contribution in [-0.4, -0.2) is 24.1 Å². The number of nitrogens with zero attached hydrogens (tertiary/aromatic N) is 1. The quantitative estimate of drug-likeness (QED) is 0.486. The molecule has 0 heterocycles. The molecule has 0 aliphatic carbocycles. The van der Waals surface area contributed by atoms with Crippen molar-refractivity contribution in [2.45, 2.75) is 20.3 Å². The fraction of sp³-hybridized carbons (Fsp3) is 0.778. The summed E-state index contributed by atoms with van der Waals surface area (Å²) in [5, 5.41) is 8.47. The Labute approximate surface area is 83.4 Å². The molecule has 0 aliphatic heterocycles. The molecule has 0 aliphatic rings. The van der Waals surface area contributed by atoms with Gasteiger partial charge in [0.1, 0.15) is 0 Å². The molecule has 0 bridgehead atoms. The molecule has 0 aromatic rings. The van der Waals surface area contributed by atoms with Gasteiger partial charge in [0.25, 0.3) is 0 Å². The lowest BCUT2D eigenvalue weighted by atomic mass is 10.3. The SMILES string of the molecule is CCOC(=O)CCSCC(C)C#N. The molecular formula is C9H15NO2S. The van der Waals surface area contributed by atoms with Crippen LogP contribution in [0.15, 0.2) is 0 Å². The van der Waals surface area contributed by atoms with Crippen molar-refractivity contribution in [3.8, 4) is 6.07 Å². The molecule has 0 radical (unpaired) electrons. The molecule has 1 unspecified atom stereocenters. The average Bonchev–Trinajstić information content (AvgIpc) is 2.12. The van der Waals surface area contributed by atoms with Crippen molar-refractivity contribution < 1.29 is 9.53 Å². The van der Waals surface area contributed by atoms with Crippen LogP contribution in [0.2, 0.25) is 0 Å². The van der Waals surface area contributed by atoms with Crippen LogP contribution >= 0.6 is 11.8 Å².